The summed E-state index contributed by atoms with van der Waals surface area (Å²) in [5.41, 5.74) is 10.1. The highest BCUT2D eigenvalue weighted by Gasteiger charge is 2.31. The number of anilines is 2. The van der Waals surface area contributed by atoms with E-state index >= 15 is 0 Å². The van der Waals surface area contributed by atoms with E-state index < -0.39 is 0 Å². The molecule has 0 saturated carbocycles. The summed E-state index contributed by atoms with van der Waals surface area (Å²) in [7, 11) is 0. The van der Waals surface area contributed by atoms with Crippen LogP contribution in [0, 0.1) is 12.7 Å². The van der Waals surface area contributed by atoms with Crippen LogP contribution in [0.5, 0.6) is 0 Å². The van der Waals surface area contributed by atoms with E-state index in [1.165, 1.54) is 5.56 Å². The van der Waals surface area contributed by atoms with Gasteiger partial charge in [0.05, 0.1) is 11.9 Å². The van der Waals surface area contributed by atoms with Gasteiger partial charge in [-0.25, -0.2) is 14.1 Å². The molecule has 0 amide bonds. The van der Waals surface area contributed by atoms with Gasteiger partial charge in [0.25, 0.3) is 5.95 Å². The molecule has 4 heterocycles. The molecule has 0 radical (unpaired) electrons. The van der Waals surface area contributed by atoms with Gasteiger partial charge in [0.1, 0.15) is 11.6 Å². The van der Waals surface area contributed by atoms with Crippen molar-refractivity contribution in [2.24, 2.45) is 0 Å². The molecular weight excluding hydrogens is 429 g/mol. The lowest BCUT2D eigenvalue weighted by atomic mass is 9.94. The van der Waals surface area contributed by atoms with Crippen molar-refractivity contribution in [3.05, 3.63) is 65.4 Å². The summed E-state index contributed by atoms with van der Waals surface area (Å²) in [6.45, 7) is 5.76. The Labute approximate surface area is 193 Å². The topological polar surface area (TPSA) is 76.1 Å². The molecule has 3 aromatic rings. The normalized spacial score (nSPS) is 18.3. The zero-order chi connectivity index (χ0) is 21.4. The lowest BCUT2D eigenvalue weighted by Crippen LogP contribution is -2.55. The number of fused-ring (bicyclic) bond motifs is 3. The largest absolute Gasteiger partial charge is 0.384 e. The Morgan fingerprint density at radius 1 is 1.25 bits per heavy atom. The zero-order valence-electron chi connectivity index (χ0n) is 18.0. The Balaban J connectivity index is 0.00000245. The van der Waals surface area contributed by atoms with E-state index in [1.807, 2.05) is 19.2 Å². The van der Waals surface area contributed by atoms with Crippen LogP contribution in [0.3, 0.4) is 0 Å². The molecule has 2 aliphatic rings. The predicted molar refractivity (Wildman–Crippen MR) is 127 cm³/mol. The minimum absolute atomic E-state index is 0. The van der Waals surface area contributed by atoms with Crippen molar-refractivity contribution in [3.63, 3.8) is 0 Å². The highest BCUT2D eigenvalue weighted by molar-refractivity contribution is 5.85. The molecule has 168 valence electrons. The number of piperazine rings is 1. The second kappa shape index (κ2) is 9.26. The van der Waals surface area contributed by atoms with Crippen molar-refractivity contribution in [1.29, 1.82) is 0 Å². The quantitative estimate of drug-likeness (QED) is 0.650. The van der Waals surface area contributed by atoms with Gasteiger partial charge in [-0.15, -0.1) is 12.4 Å². The van der Waals surface area contributed by atoms with Gasteiger partial charge in [0.2, 0.25) is 0 Å². The summed E-state index contributed by atoms with van der Waals surface area (Å²) in [5.74, 6) is 0.746. The van der Waals surface area contributed by atoms with Gasteiger partial charge in [-0.2, -0.15) is 10.1 Å². The van der Waals surface area contributed by atoms with Crippen molar-refractivity contribution in [1.82, 2.24) is 24.6 Å². The molecule has 7 nitrogen and oxygen atoms in total. The number of nitrogen functional groups attached to an aromatic ring is 1. The SMILES string of the molecule is Cc1c(/C=C/CN2CCN3c4cc(F)ccc4CCC3C2)cnn1-c1nccc(N)n1.Cl. The molecule has 0 bridgehead atoms. The van der Waals surface area contributed by atoms with Crippen LogP contribution in [0.4, 0.5) is 15.9 Å². The second-order valence-corrected chi connectivity index (χ2v) is 8.20. The molecule has 0 spiro atoms. The van der Waals surface area contributed by atoms with Crippen molar-refractivity contribution in [3.8, 4) is 5.95 Å². The van der Waals surface area contributed by atoms with Crippen LogP contribution in [0.25, 0.3) is 12.0 Å². The van der Waals surface area contributed by atoms with Gasteiger partial charge in [0.15, 0.2) is 0 Å². The molecule has 1 atom stereocenters. The molecular formula is C23H27ClFN7. The van der Waals surface area contributed by atoms with Crippen LogP contribution in [-0.2, 0) is 6.42 Å². The van der Waals surface area contributed by atoms with Gasteiger partial charge in [-0.05, 0) is 43.5 Å². The number of hydrogen-bond acceptors (Lipinski definition) is 6. The van der Waals surface area contributed by atoms with E-state index in [2.05, 4.69) is 37.0 Å². The number of halogens is 2. The number of rotatable bonds is 4. The first-order valence-electron chi connectivity index (χ1n) is 10.7. The summed E-state index contributed by atoms with van der Waals surface area (Å²) < 4.78 is 15.5. The Hall–Kier alpha value is -2.97. The van der Waals surface area contributed by atoms with Crippen molar-refractivity contribution in [2.45, 2.75) is 25.8 Å². The Morgan fingerprint density at radius 2 is 2.12 bits per heavy atom. The van der Waals surface area contributed by atoms with Crippen LogP contribution in [-0.4, -0.2) is 56.9 Å². The summed E-state index contributed by atoms with van der Waals surface area (Å²) in [6.07, 6.45) is 9.87. The third-order valence-corrected chi connectivity index (χ3v) is 6.23. The van der Waals surface area contributed by atoms with Crippen LogP contribution in [0.1, 0.15) is 23.2 Å². The average molecular weight is 456 g/mol. The summed E-state index contributed by atoms with van der Waals surface area (Å²) in [6, 6.07) is 7.31. The molecule has 1 fully saturated rings. The van der Waals surface area contributed by atoms with E-state index in [9.17, 15) is 4.39 Å². The smallest absolute Gasteiger partial charge is 0.252 e. The predicted octanol–water partition coefficient (Wildman–Crippen LogP) is 3.26. The minimum Gasteiger partial charge on any atom is -0.384 e. The maximum absolute atomic E-state index is 13.8. The number of aromatic nitrogens is 4. The third-order valence-electron chi connectivity index (χ3n) is 6.23. The van der Waals surface area contributed by atoms with Crippen molar-refractivity contribution < 1.29 is 4.39 Å². The van der Waals surface area contributed by atoms with E-state index in [4.69, 9.17) is 5.73 Å². The molecule has 2 aromatic heterocycles. The monoisotopic (exact) mass is 455 g/mol. The molecule has 9 heteroatoms. The van der Waals surface area contributed by atoms with Gasteiger partial charge >= 0.3 is 0 Å². The first kappa shape index (κ1) is 22.2. The molecule has 2 aliphatic heterocycles. The standard InChI is InChI=1S/C23H26FN7.ClH/c1-16-18(14-27-31(16)23-26-9-8-22(25)28-23)3-2-10-29-11-12-30-20(15-29)7-5-17-4-6-19(24)13-21(17)30;/h2-4,6,8-9,13-14,20H,5,7,10-12,15H2,1H3,(H2,25,26,28);1H/b3-2+;. The van der Waals surface area contributed by atoms with Gasteiger partial charge in [0, 0.05) is 49.7 Å². The zero-order valence-corrected chi connectivity index (χ0v) is 18.8. The minimum atomic E-state index is -0.149. The fourth-order valence-corrected chi connectivity index (χ4v) is 4.57. The van der Waals surface area contributed by atoms with Gasteiger partial charge in [-0.3, -0.25) is 4.90 Å². The van der Waals surface area contributed by atoms with E-state index in [-0.39, 0.29) is 18.2 Å². The number of benzene rings is 1. The number of nitrogens with two attached hydrogens (primary N) is 1. The van der Waals surface area contributed by atoms with E-state index in [0.29, 0.717) is 17.8 Å². The van der Waals surface area contributed by atoms with Crippen LogP contribution in [0.15, 0.2) is 42.7 Å². The Bertz CT molecular complexity index is 1130. The van der Waals surface area contributed by atoms with Crippen molar-refractivity contribution >= 4 is 30.0 Å². The summed E-state index contributed by atoms with van der Waals surface area (Å²) >= 11 is 0. The number of nitrogens with zero attached hydrogens (tertiary/aromatic N) is 6. The first-order valence-corrected chi connectivity index (χ1v) is 10.7. The molecule has 0 aliphatic carbocycles. The van der Waals surface area contributed by atoms with Gasteiger partial charge in [-0.1, -0.05) is 18.2 Å². The van der Waals surface area contributed by atoms with E-state index in [0.717, 1.165) is 56.0 Å². The molecule has 1 unspecified atom stereocenters. The summed E-state index contributed by atoms with van der Waals surface area (Å²) in [4.78, 5) is 13.3. The highest BCUT2D eigenvalue weighted by atomic mass is 35.5. The fourth-order valence-electron chi connectivity index (χ4n) is 4.57. The average Bonchev–Trinajstić information content (AvgIpc) is 3.14. The second-order valence-electron chi connectivity index (χ2n) is 8.20. The lowest BCUT2D eigenvalue weighted by Gasteiger charge is -2.46. The highest BCUT2D eigenvalue weighted by Crippen LogP contribution is 2.33. The third kappa shape index (κ3) is 4.33. The molecule has 1 saturated heterocycles. The maximum atomic E-state index is 13.8. The maximum Gasteiger partial charge on any atom is 0.252 e. The fraction of sp³-hybridized carbons (Fsp3) is 0.348. The Morgan fingerprint density at radius 3 is 2.97 bits per heavy atom. The molecule has 32 heavy (non-hydrogen) atoms. The summed E-state index contributed by atoms with van der Waals surface area (Å²) in [5, 5.41) is 4.41. The van der Waals surface area contributed by atoms with E-state index in [1.54, 1.807) is 29.1 Å². The number of aryl methyl sites for hydroxylation is 1. The van der Waals surface area contributed by atoms with Crippen molar-refractivity contribution in [2.75, 3.05) is 36.8 Å². The molecule has 1 aromatic carbocycles. The van der Waals surface area contributed by atoms with Crippen LogP contribution in [0.2, 0.25) is 0 Å². The Kier molecular flexibility index (Phi) is 6.43. The molecule has 2 N–H and O–H groups in total. The number of hydrogen-bond donors (Lipinski definition) is 1. The van der Waals surface area contributed by atoms with Gasteiger partial charge < -0.3 is 10.6 Å². The molecule has 5 rings (SSSR count). The lowest BCUT2D eigenvalue weighted by molar-refractivity contribution is 0.234. The van der Waals surface area contributed by atoms with Crippen LogP contribution >= 0.6 is 12.4 Å². The first-order chi connectivity index (χ1) is 15.1. The van der Waals surface area contributed by atoms with Crippen LogP contribution < -0.4 is 10.6 Å².